The Morgan fingerprint density at radius 2 is 1.53 bits per heavy atom. The molecule has 0 fully saturated rings. The van der Waals surface area contributed by atoms with Gasteiger partial charge in [-0.1, -0.05) is 0 Å². The van der Waals surface area contributed by atoms with Gasteiger partial charge in [-0.2, -0.15) is 0 Å². The monoisotopic (exact) mass is 570 g/mol. The van der Waals surface area contributed by atoms with Crippen molar-refractivity contribution in [1.29, 1.82) is 0 Å². The van der Waals surface area contributed by atoms with Gasteiger partial charge in [0.1, 0.15) is 0 Å². The van der Waals surface area contributed by atoms with Crippen LogP contribution in [-0.4, -0.2) is 67.1 Å². The Morgan fingerprint density at radius 1 is 0.938 bits per heavy atom. The van der Waals surface area contributed by atoms with Crippen LogP contribution in [0.3, 0.4) is 0 Å². The number of nitrogens with zero attached hydrogens (tertiary/aromatic N) is 3. The summed E-state index contributed by atoms with van der Waals surface area (Å²) in [4.78, 5) is 32.6. The summed E-state index contributed by atoms with van der Waals surface area (Å²) in [6.07, 6.45) is 1.71. The summed E-state index contributed by atoms with van der Waals surface area (Å²) in [6.45, 7) is 4.81. The molecule has 2 aliphatic rings. The molecule has 0 N–H and O–H groups in total. The van der Waals surface area contributed by atoms with Crippen LogP contribution in [0.5, 0.6) is 0 Å². The number of amides is 2. The minimum atomic E-state index is -1.81. The summed E-state index contributed by atoms with van der Waals surface area (Å²) in [7, 11) is -0.198. The average molecular weight is 568 g/mol. The van der Waals surface area contributed by atoms with Crippen LogP contribution in [0.15, 0.2) is 71.2 Å². The Hall–Kier alpha value is -2.47. The second-order valence-electron chi connectivity index (χ2n) is 8.29. The Labute approximate surface area is 202 Å². The molecule has 2 aliphatic heterocycles. The molecule has 5 rings (SSSR count). The molecular formula is C24H20N3O2Se2Si. The molecule has 159 valence electrons. The van der Waals surface area contributed by atoms with E-state index in [-0.39, 0.29) is 26.0 Å². The van der Waals surface area contributed by atoms with E-state index in [1.807, 2.05) is 6.07 Å². The van der Waals surface area contributed by atoms with E-state index in [1.54, 1.807) is 13.1 Å². The summed E-state index contributed by atoms with van der Waals surface area (Å²) in [5.41, 5.74) is 2.58. The number of benzene rings is 2. The molecule has 0 saturated heterocycles. The van der Waals surface area contributed by atoms with Crippen molar-refractivity contribution in [3.05, 3.63) is 70.7 Å². The number of para-hydroxylation sites is 2. The zero-order valence-electron chi connectivity index (χ0n) is 17.8. The molecule has 5 nitrogen and oxygen atoms in total. The van der Waals surface area contributed by atoms with Gasteiger partial charge in [-0.15, -0.1) is 0 Å². The maximum atomic E-state index is 12.6. The first kappa shape index (κ1) is 21.4. The van der Waals surface area contributed by atoms with Gasteiger partial charge in [-0.05, 0) is 0 Å². The Bertz CT molecular complexity index is 1290. The van der Waals surface area contributed by atoms with Crippen LogP contribution in [0.25, 0.3) is 6.08 Å². The molecule has 2 aromatic carbocycles. The zero-order chi connectivity index (χ0) is 22.6. The van der Waals surface area contributed by atoms with Crippen LogP contribution in [0, 0.1) is 0 Å². The van der Waals surface area contributed by atoms with Crippen molar-refractivity contribution in [1.82, 2.24) is 4.90 Å². The Morgan fingerprint density at radius 3 is 2.16 bits per heavy atom. The quantitative estimate of drug-likeness (QED) is 0.271. The third-order valence-electron chi connectivity index (χ3n) is 6.01. The number of aliphatic imine (C=N–C) groups is 1. The molecule has 0 unspecified atom stereocenters. The number of hydrogen-bond acceptors (Lipinski definition) is 3. The van der Waals surface area contributed by atoms with Crippen molar-refractivity contribution in [3.8, 4) is 0 Å². The van der Waals surface area contributed by atoms with Crippen molar-refractivity contribution in [2.75, 3.05) is 11.9 Å². The number of carbonyl (C=O) groups excluding carboxylic acids is 2. The van der Waals surface area contributed by atoms with Crippen LogP contribution in [0.2, 0.25) is 13.1 Å². The summed E-state index contributed by atoms with van der Waals surface area (Å²) in [5, 5.41) is 2.84. The molecule has 3 aromatic rings. The van der Waals surface area contributed by atoms with Crippen molar-refractivity contribution < 1.29 is 9.59 Å². The van der Waals surface area contributed by atoms with E-state index < -0.39 is 14.0 Å². The van der Waals surface area contributed by atoms with Gasteiger partial charge in [0.2, 0.25) is 0 Å². The fraction of sp³-hybridized carbons (Fsp3) is 0.125. The van der Waals surface area contributed by atoms with E-state index in [4.69, 9.17) is 0 Å². The molecule has 32 heavy (non-hydrogen) atoms. The summed E-state index contributed by atoms with van der Waals surface area (Å²) in [6, 6.07) is 21.5. The fourth-order valence-corrected chi connectivity index (χ4v) is 9.68. The van der Waals surface area contributed by atoms with Crippen LogP contribution in [0.1, 0.15) is 4.44 Å². The number of hydrogen-bond donors (Lipinski definition) is 0. The van der Waals surface area contributed by atoms with Crippen LogP contribution in [-0.2, 0) is 9.59 Å². The number of amidine groups is 1. The van der Waals surface area contributed by atoms with E-state index in [9.17, 15) is 9.59 Å². The fourth-order valence-electron chi connectivity index (χ4n) is 4.29. The van der Waals surface area contributed by atoms with Crippen molar-refractivity contribution in [2.24, 2.45) is 4.99 Å². The van der Waals surface area contributed by atoms with Crippen LogP contribution in [0.4, 0.5) is 15.9 Å². The second kappa shape index (κ2) is 7.83. The van der Waals surface area contributed by atoms with E-state index in [0.29, 0.717) is 4.73 Å². The molecule has 0 aliphatic carbocycles. The zero-order valence-corrected chi connectivity index (χ0v) is 22.3. The Kier molecular flexibility index (Phi) is 5.23. The SMILES string of the molecule is CN1C(=O)/C(=C/c2ccc(N3c4ccccc4[Si](C)(C)c4ccccc43)[se]2)C(=O)N=C1[Se]. The molecule has 0 saturated carbocycles. The van der Waals surface area contributed by atoms with Gasteiger partial charge in [-0.25, -0.2) is 0 Å². The topological polar surface area (TPSA) is 53.0 Å². The van der Waals surface area contributed by atoms with Gasteiger partial charge >= 0.3 is 203 Å². The second-order valence-corrected chi connectivity index (χ2v) is 15.7. The molecule has 0 bridgehead atoms. The number of carbonyl (C=O) groups is 2. The van der Waals surface area contributed by atoms with Gasteiger partial charge < -0.3 is 0 Å². The third kappa shape index (κ3) is 3.31. The third-order valence-corrected chi connectivity index (χ3v) is 12.4. The Balaban J connectivity index is 1.61. The summed E-state index contributed by atoms with van der Waals surface area (Å²) >= 11 is 2.60. The van der Waals surface area contributed by atoms with Gasteiger partial charge in [0.05, 0.1) is 0 Å². The van der Waals surface area contributed by atoms with Gasteiger partial charge in [0.15, 0.2) is 0 Å². The van der Waals surface area contributed by atoms with E-state index >= 15 is 0 Å². The average Bonchev–Trinajstić information content (AvgIpc) is 3.24. The van der Waals surface area contributed by atoms with Crippen LogP contribution < -0.4 is 15.3 Å². The summed E-state index contributed by atoms with van der Waals surface area (Å²) in [5.74, 6) is -0.821. The minimum absolute atomic E-state index is 0.0578. The molecule has 0 atom stereocenters. The van der Waals surface area contributed by atoms with E-state index in [1.165, 1.54) is 31.2 Å². The first-order chi connectivity index (χ1) is 15.3. The predicted molar refractivity (Wildman–Crippen MR) is 134 cm³/mol. The van der Waals surface area contributed by atoms with Gasteiger partial charge in [0.25, 0.3) is 0 Å². The summed E-state index contributed by atoms with van der Waals surface area (Å²) < 4.78 is 2.47. The molecule has 8 heteroatoms. The van der Waals surface area contributed by atoms with Gasteiger partial charge in [-0.3, -0.25) is 0 Å². The number of anilines is 3. The normalized spacial score (nSPS) is 18.5. The molecule has 1 aromatic heterocycles. The molecule has 2 amide bonds. The van der Waals surface area contributed by atoms with Crippen molar-refractivity contribution in [3.63, 3.8) is 0 Å². The molecule has 1 radical (unpaired) electrons. The van der Waals surface area contributed by atoms with E-state index in [2.05, 4.69) is 93.6 Å². The number of rotatable bonds is 2. The van der Waals surface area contributed by atoms with Crippen molar-refractivity contribution in [2.45, 2.75) is 13.1 Å². The molecule has 0 spiro atoms. The number of likely N-dealkylation sites (N-methyl/N-ethyl adjacent to an activating group) is 1. The predicted octanol–water partition coefficient (Wildman–Crippen LogP) is 2.26. The van der Waals surface area contributed by atoms with Gasteiger partial charge in [0, 0.05) is 0 Å². The van der Waals surface area contributed by atoms with E-state index in [0.717, 1.165) is 4.44 Å². The van der Waals surface area contributed by atoms with Crippen LogP contribution >= 0.6 is 0 Å². The molecular weight excluding hydrogens is 548 g/mol. The van der Waals surface area contributed by atoms with Crippen molar-refractivity contribution >= 4 is 87.5 Å². The standard InChI is InChI=1S/C24H20N3O2Se2Si/c1-26-23(29)16(22(28)25-24(26)30)14-15-12-13-21(31-15)27-17-8-4-6-10-19(17)32(2,3)20-11-7-5-9-18(20)27/h4-14H,1-3H3/b16-14+. The number of fused-ring (bicyclic) bond motifs is 2. The molecule has 3 heterocycles. The maximum absolute atomic E-state index is 12.6. The first-order valence-electron chi connectivity index (χ1n) is 10.2. The first-order valence-corrected chi connectivity index (χ1v) is 15.7.